The molecule has 0 rings (SSSR count). The second-order valence-corrected chi connectivity index (χ2v) is 12.7. The quantitative estimate of drug-likeness (QED) is 0.0588. The van der Waals surface area contributed by atoms with Crippen LogP contribution in [0.25, 0.3) is 0 Å². The summed E-state index contributed by atoms with van der Waals surface area (Å²) in [6.45, 7) is 7.35. The molecule has 0 aromatic carbocycles. The minimum absolute atomic E-state index is 0.0149. The Bertz CT molecular complexity index is 530. The Morgan fingerprint density at radius 1 is 0.450 bits per heavy atom. The number of carbonyl (C=O) groups excluding carboxylic acids is 2. The van der Waals surface area contributed by atoms with Crippen LogP contribution in [-0.2, 0) is 14.3 Å². The maximum Gasteiger partial charge on any atom is 0.306 e. The highest BCUT2D eigenvalue weighted by Crippen LogP contribution is 2.23. The maximum absolute atomic E-state index is 12.6. The van der Waals surface area contributed by atoms with Crippen molar-refractivity contribution in [1.82, 2.24) is 0 Å². The van der Waals surface area contributed by atoms with Crippen LogP contribution in [-0.4, -0.2) is 18.4 Å². The molecule has 40 heavy (non-hydrogen) atoms. The van der Waals surface area contributed by atoms with Gasteiger partial charge in [0.2, 0.25) is 0 Å². The first kappa shape index (κ1) is 39.1. The van der Waals surface area contributed by atoms with Gasteiger partial charge in [-0.2, -0.15) is 0 Å². The van der Waals surface area contributed by atoms with Gasteiger partial charge >= 0.3 is 5.97 Å². The Hall–Kier alpha value is -0.860. The number of rotatable bonds is 33. The van der Waals surface area contributed by atoms with E-state index in [2.05, 4.69) is 20.8 Å². The smallest absolute Gasteiger partial charge is 0.306 e. The summed E-state index contributed by atoms with van der Waals surface area (Å²) >= 11 is 0. The molecule has 3 heteroatoms. The van der Waals surface area contributed by atoms with Gasteiger partial charge in [-0.05, 0) is 38.0 Å². The predicted octanol–water partition coefficient (Wildman–Crippen LogP) is 12.5. The molecule has 0 bridgehead atoms. The third-order valence-corrected chi connectivity index (χ3v) is 8.56. The molecule has 0 aliphatic carbocycles. The number of carbonyl (C=O) groups is 2. The topological polar surface area (TPSA) is 43.4 Å². The first-order valence-corrected chi connectivity index (χ1v) is 18.3. The van der Waals surface area contributed by atoms with Gasteiger partial charge in [0.1, 0.15) is 5.78 Å². The van der Waals surface area contributed by atoms with Gasteiger partial charge in [-0.25, -0.2) is 0 Å². The van der Waals surface area contributed by atoms with Crippen molar-refractivity contribution in [3.8, 4) is 0 Å². The van der Waals surface area contributed by atoms with E-state index in [9.17, 15) is 9.59 Å². The molecule has 0 aliphatic rings. The molecule has 3 nitrogen and oxygen atoms in total. The molecule has 0 saturated carbocycles. The van der Waals surface area contributed by atoms with E-state index in [0.717, 1.165) is 38.5 Å². The monoisotopic (exact) mass is 565 g/mol. The van der Waals surface area contributed by atoms with Gasteiger partial charge in [0.25, 0.3) is 0 Å². The molecule has 0 aromatic rings. The molecule has 0 aliphatic heterocycles. The molecule has 0 fully saturated rings. The zero-order valence-electron chi connectivity index (χ0n) is 27.7. The first-order valence-electron chi connectivity index (χ1n) is 18.3. The second kappa shape index (κ2) is 32.7. The van der Waals surface area contributed by atoms with Crippen molar-refractivity contribution in [1.29, 1.82) is 0 Å². The van der Waals surface area contributed by atoms with E-state index in [1.54, 1.807) is 0 Å². The molecule has 0 heterocycles. The summed E-state index contributed by atoms with van der Waals surface area (Å²) in [5.74, 6) is 0.780. The van der Waals surface area contributed by atoms with E-state index in [1.165, 1.54) is 141 Å². The molecule has 0 aromatic heterocycles. The summed E-state index contributed by atoms with van der Waals surface area (Å²) in [4.78, 5) is 24.9. The van der Waals surface area contributed by atoms with Crippen LogP contribution in [0, 0.1) is 5.92 Å². The van der Waals surface area contributed by atoms with Gasteiger partial charge < -0.3 is 4.74 Å². The van der Waals surface area contributed by atoms with Gasteiger partial charge in [-0.3, -0.25) is 9.59 Å². The van der Waals surface area contributed by atoms with Crippen molar-refractivity contribution >= 4 is 11.8 Å². The zero-order valence-corrected chi connectivity index (χ0v) is 27.7. The molecule has 1 atom stereocenters. The lowest BCUT2D eigenvalue weighted by molar-refractivity contribution is -0.145. The van der Waals surface area contributed by atoms with Crippen molar-refractivity contribution < 1.29 is 14.3 Å². The third-order valence-electron chi connectivity index (χ3n) is 8.56. The Morgan fingerprint density at radius 2 is 0.825 bits per heavy atom. The van der Waals surface area contributed by atoms with Gasteiger partial charge in [0, 0.05) is 19.3 Å². The summed E-state index contributed by atoms with van der Waals surface area (Å²) in [5, 5.41) is 0. The Labute approximate surface area is 251 Å². The number of ether oxygens (including phenoxy) is 1. The van der Waals surface area contributed by atoms with Crippen LogP contribution < -0.4 is 0 Å². The summed E-state index contributed by atoms with van der Waals surface area (Å²) in [6.07, 6.45) is 36.0. The second-order valence-electron chi connectivity index (χ2n) is 12.7. The number of hydrogen-bond acceptors (Lipinski definition) is 3. The van der Waals surface area contributed by atoms with E-state index in [1.807, 2.05) is 0 Å². The summed E-state index contributed by atoms with van der Waals surface area (Å²) in [5.41, 5.74) is 0. The number of Topliss-reactive ketones (excluding diaryl/α,β-unsaturated/α-hetero) is 1. The minimum Gasteiger partial charge on any atom is -0.466 e. The van der Waals surface area contributed by atoms with E-state index < -0.39 is 0 Å². The van der Waals surface area contributed by atoms with Crippen molar-refractivity contribution in [2.24, 2.45) is 5.92 Å². The number of unbranched alkanes of at least 4 members (excludes halogenated alkanes) is 21. The Kier molecular flexibility index (Phi) is 31.9. The minimum atomic E-state index is -0.0149. The summed E-state index contributed by atoms with van der Waals surface area (Å²) in [6, 6.07) is 0. The predicted molar refractivity (Wildman–Crippen MR) is 175 cm³/mol. The highest BCUT2D eigenvalue weighted by Gasteiger charge is 2.16. The fraction of sp³-hybridized carbons (Fsp3) is 0.946. The van der Waals surface area contributed by atoms with Crippen molar-refractivity contribution in [3.05, 3.63) is 0 Å². The van der Waals surface area contributed by atoms with Gasteiger partial charge in [0.05, 0.1) is 6.61 Å². The van der Waals surface area contributed by atoms with E-state index in [0.29, 0.717) is 31.1 Å². The summed E-state index contributed by atoms with van der Waals surface area (Å²) in [7, 11) is 0. The SMILES string of the molecule is CCCCCCCCCCCCCOC(=O)CC(CCCCCCCCCC)CCCC(=O)CCCCCCC. The van der Waals surface area contributed by atoms with Gasteiger partial charge in [-0.1, -0.05) is 162 Å². The van der Waals surface area contributed by atoms with Crippen LogP contribution in [0.4, 0.5) is 0 Å². The van der Waals surface area contributed by atoms with Crippen molar-refractivity contribution in [2.75, 3.05) is 6.61 Å². The average molecular weight is 565 g/mol. The fourth-order valence-corrected chi connectivity index (χ4v) is 5.80. The third kappa shape index (κ3) is 30.1. The molecule has 0 saturated heterocycles. The van der Waals surface area contributed by atoms with Crippen molar-refractivity contribution in [3.63, 3.8) is 0 Å². The average Bonchev–Trinajstić information content (AvgIpc) is 2.94. The lowest BCUT2D eigenvalue weighted by atomic mass is 9.91. The van der Waals surface area contributed by atoms with E-state index in [-0.39, 0.29) is 5.97 Å². The van der Waals surface area contributed by atoms with Gasteiger partial charge in [0.15, 0.2) is 0 Å². The van der Waals surface area contributed by atoms with Crippen LogP contribution in [0.1, 0.15) is 213 Å². The van der Waals surface area contributed by atoms with Crippen LogP contribution in [0.5, 0.6) is 0 Å². The zero-order chi connectivity index (χ0) is 29.4. The number of hydrogen-bond donors (Lipinski definition) is 0. The molecular weight excluding hydrogens is 492 g/mol. The molecule has 238 valence electrons. The van der Waals surface area contributed by atoms with E-state index >= 15 is 0 Å². The van der Waals surface area contributed by atoms with Crippen LogP contribution in [0.15, 0.2) is 0 Å². The largest absolute Gasteiger partial charge is 0.466 e. The lowest BCUT2D eigenvalue weighted by Gasteiger charge is -2.16. The Morgan fingerprint density at radius 3 is 1.32 bits per heavy atom. The molecule has 0 amide bonds. The van der Waals surface area contributed by atoms with E-state index in [4.69, 9.17) is 4.74 Å². The van der Waals surface area contributed by atoms with Crippen LogP contribution in [0.3, 0.4) is 0 Å². The highest BCUT2D eigenvalue weighted by atomic mass is 16.5. The number of ketones is 1. The fourth-order valence-electron chi connectivity index (χ4n) is 5.80. The standard InChI is InChI=1S/C37H72O3/c1-4-7-10-13-15-17-18-19-21-24-27-33-40-37(39)34-35(29-25-23-20-16-14-11-8-5-2)30-28-32-36(38)31-26-22-12-9-6-3/h35H,4-34H2,1-3H3. The maximum atomic E-state index is 12.6. The summed E-state index contributed by atoms with van der Waals surface area (Å²) < 4.78 is 5.64. The molecule has 0 spiro atoms. The molecular formula is C37H72O3. The number of esters is 1. The Balaban J connectivity index is 4.10. The lowest BCUT2D eigenvalue weighted by Crippen LogP contribution is -2.13. The first-order chi connectivity index (χ1) is 19.6. The molecule has 1 unspecified atom stereocenters. The van der Waals surface area contributed by atoms with Crippen LogP contribution in [0.2, 0.25) is 0 Å². The van der Waals surface area contributed by atoms with Gasteiger partial charge in [-0.15, -0.1) is 0 Å². The van der Waals surface area contributed by atoms with Crippen LogP contribution >= 0.6 is 0 Å². The molecule has 0 N–H and O–H groups in total. The highest BCUT2D eigenvalue weighted by molar-refractivity contribution is 5.78. The normalized spacial score (nSPS) is 12.1. The molecule has 0 radical (unpaired) electrons. The van der Waals surface area contributed by atoms with Crippen molar-refractivity contribution in [2.45, 2.75) is 213 Å².